The Balaban J connectivity index is 0.000000195. The van der Waals surface area contributed by atoms with Gasteiger partial charge in [-0.2, -0.15) is 12.1 Å². The first kappa shape index (κ1) is 46.8. The van der Waals surface area contributed by atoms with Gasteiger partial charge in [-0.15, -0.1) is 69.1 Å². The summed E-state index contributed by atoms with van der Waals surface area (Å²) in [5, 5.41) is 5.63. The van der Waals surface area contributed by atoms with Crippen molar-refractivity contribution in [3.63, 3.8) is 0 Å². The molecule has 0 heterocycles. The van der Waals surface area contributed by atoms with Gasteiger partial charge in [-0.25, -0.2) is 0 Å². The molecule has 6 aromatic rings. The number of fused-ring (bicyclic) bond motifs is 2. The van der Waals surface area contributed by atoms with Crippen molar-refractivity contribution in [3.8, 4) is 22.3 Å². The fraction of sp³-hybridized carbons (Fsp3) is 0.444. The van der Waals surface area contributed by atoms with Crippen molar-refractivity contribution in [2.45, 2.75) is 143 Å². The summed E-state index contributed by atoms with van der Waals surface area (Å²) in [6, 6.07) is 44.9. The first-order valence-corrected chi connectivity index (χ1v) is 30.7. The van der Waals surface area contributed by atoms with Crippen LogP contribution in [0.3, 0.4) is 0 Å². The number of rotatable bonds is 6. The van der Waals surface area contributed by atoms with Crippen LogP contribution in [-0.2, 0) is 33.7 Å². The Bertz CT molecular complexity index is 1860. The second-order valence-electron chi connectivity index (χ2n) is 17.9. The SMILES string of the molecule is CC1(Cc2cc3c(-c4ccccc4)cccc3[cH-]2)CCCCCCCC1.CC1(Cc2cc3c(-c4ccccc4)cccc3[cH-]2)CCCCCCCC1.C[Si]C.[Cl][Zr+2][Cl]. The van der Waals surface area contributed by atoms with E-state index in [0.29, 0.717) is 10.8 Å². The van der Waals surface area contributed by atoms with E-state index in [1.54, 1.807) is 0 Å². The van der Waals surface area contributed by atoms with Crippen molar-refractivity contribution in [3.05, 3.63) is 132 Å². The van der Waals surface area contributed by atoms with E-state index >= 15 is 0 Å². The van der Waals surface area contributed by atoms with Gasteiger partial charge < -0.3 is 0 Å². The molecular weight excluding hydrogens is 839 g/mol. The van der Waals surface area contributed by atoms with Crippen molar-refractivity contribution in [2.24, 2.45) is 10.8 Å². The Labute approximate surface area is 374 Å². The molecule has 0 saturated heterocycles. The molecule has 6 aromatic carbocycles. The third kappa shape index (κ3) is 14.5. The molecule has 0 amide bonds. The predicted octanol–water partition coefficient (Wildman–Crippen LogP) is 18.0. The summed E-state index contributed by atoms with van der Waals surface area (Å²) < 4.78 is 0. The van der Waals surface area contributed by atoms with E-state index in [1.807, 2.05) is 0 Å². The molecule has 306 valence electrons. The molecule has 0 aromatic heterocycles. The molecule has 0 bridgehead atoms. The van der Waals surface area contributed by atoms with E-state index in [4.69, 9.17) is 17.0 Å². The quantitative estimate of drug-likeness (QED) is 0.115. The second-order valence-corrected chi connectivity index (χ2v) is 22.6. The van der Waals surface area contributed by atoms with Gasteiger partial charge in [0.05, 0.1) is 0 Å². The summed E-state index contributed by atoms with van der Waals surface area (Å²) in [6.07, 6.45) is 25.1. The van der Waals surface area contributed by atoms with Crippen LogP contribution in [0.15, 0.2) is 121 Å². The summed E-state index contributed by atoms with van der Waals surface area (Å²) in [4.78, 5) is 0. The Kier molecular flexibility index (Phi) is 20.1. The Morgan fingerprint density at radius 3 is 1.12 bits per heavy atom. The standard InChI is InChI=1S/2C26H31.C2H6Si.2ClH.Zr/c2*1-26(16-9-4-2-3-5-10-17-26)20-21-18-23-14-11-15-24(25(23)19-21)22-12-7-6-8-13-22;1-3-2;;;/h2*6-8,11-15,18-19H,2-5,9-10,16-17,20H2,1H3;1-2H3;2*1H;/q2*-1;;;;+4/p-2. The van der Waals surface area contributed by atoms with E-state index in [-0.39, 0.29) is 0 Å². The van der Waals surface area contributed by atoms with Gasteiger partial charge in [-0.1, -0.05) is 188 Å². The van der Waals surface area contributed by atoms with Gasteiger partial charge in [0.15, 0.2) is 0 Å². The zero-order chi connectivity index (χ0) is 41.1. The van der Waals surface area contributed by atoms with Crippen LogP contribution in [0.5, 0.6) is 0 Å². The van der Waals surface area contributed by atoms with Gasteiger partial charge in [-0.3, -0.25) is 0 Å². The van der Waals surface area contributed by atoms with E-state index < -0.39 is 20.8 Å². The van der Waals surface area contributed by atoms with Crippen LogP contribution in [0.1, 0.15) is 128 Å². The van der Waals surface area contributed by atoms with Gasteiger partial charge in [0, 0.05) is 9.52 Å². The molecule has 0 unspecified atom stereocenters. The van der Waals surface area contributed by atoms with E-state index in [2.05, 4.69) is 148 Å². The summed E-state index contributed by atoms with van der Waals surface area (Å²) in [7, 11) is 11.0. The summed E-state index contributed by atoms with van der Waals surface area (Å²) in [5.74, 6) is 0. The molecule has 0 atom stereocenters. The Hall–Kier alpha value is -2.22. The van der Waals surface area contributed by atoms with Gasteiger partial charge in [0.2, 0.25) is 0 Å². The van der Waals surface area contributed by atoms with Crippen LogP contribution < -0.4 is 0 Å². The van der Waals surface area contributed by atoms with Crippen LogP contribution >= 0.6 is 17.0 Å². The van der Waals surface area contributed by atoms with Crippen molar-refractivity contribution < 1.29 is 20.8 Å². The Morgan fingerprint density at radius 2 is 0.793 bits per heavy atom. The predicted molar refractivity (Wildman–Crippen MR) is 257 cm³/mol. The Morgan fingerprint density at radius 1 is 0.483 bits per heavy atom. The molecule has 0 nitrogen and oxygen atoms in total. The number of hydrogen-bond acceptors (Lipinski definition) is 0. The molecule has 2 radical (unpaired) electrons. The normalized spacial score (nSPS) is 16.8. The fourth-order valence-corrected chi connectivity index (χ4v) is 9.75. The van der Waals surface area contributed by atoms with Gasteiger partial charge in [0.25, 0.3) is 0 Å². The minimum absolute atomic E-state index is 0.474. The van der Waals surface area contributed by atoms with Crippen molar-refractivity contribution in [1.82, 2.24) is 0 Å². The van der Waals surface area contributed by atoms with Crippen molar-refractivity contribution in [1.29, 1.82) is 0 Å². The maximum atomic E-state index is 4.93. The molecule has 8 rings (SSSR count). The molecule has 2 fully saturated rings. The van der Waals surface area contributed by atoms with E-state index in [0.717, 1.165) is 9.52 Å². The third-order valence-electron chi connectivity index (χ3n) is 12.7. The third-order valence-corrected chi connectivity index (χ3v) is 12.7. The first-order valence-electron chi connectivity index (χ1n) is 22.3. The van der Waals surface area contributed by atoms with Crippen LogP contribution in [0.25, 0.3) is 43.8 Å². The molecular formula is C54H68Cl2SiZr. The molecule has 58 heavy (non-hydrogen) atoms. The molecule has 2 aliphatic rings. The maximum absolute atomic E-state index is 4.93. The minimum atomic E-state index is -0.826. The molecule has 0 spiro atoms. The van der Waals surface area contributed by atoms with Gasteiger partial charge in [-0.05, 0) is 60.5 Å². The zero-order valence-corrected chi connectivity index (χ0v) is 41.0. The molecule has 2 saturated carbocycles. The fourth-order valence-electron chi connectivity index (χ4n) is 9.75. The molecule has 0 N–H and O–H groups in total. The van der Waals surface area contributed by atoms with Crippen LogP contribution in [-0.4, -0.2) is 9.52 Å². The van der Waals surface area contributed by atoms with Gasteiger partial charge in [0.1, 0.15) is 0 Å². The first-order chi connectivity index (χ1) is 28.3. The number of hydrogen-bond donors (Lipinski definition) is 0. The topological polar surface area (TPSA) is 0 Å². The van der Waals surface area contributed by atoms with Gasteiger partial charge >= 0.3 is 37.9 Å². The average Bonchev–Trinajstić information content (AvgIpc) is 3.88. The van der Waals surface area contributed by atoms with Crippen molar-refractivity contribution in [2.75, 3.05) is 0 Å². The summed E-state index contributed by atoms with van der Waals surface area (Å²) >= 11 is -0.826. The average molecular weight is 907 g/mol. The summed E-state index contributed by atoms with van der Waals surface area (Å²) in [6.45, 7) is 9.38. The second kappa shape index (κ2) is 24.9. The van der Waals surface area contributed by atoms with Crippen LogP contribution in [0.4, 0.5) is 0 Å². The number of benzene rings is 4. The monoisotopic (exact) mass is 904 g/mol. The summed E-state index contributed by atoms with van der Waals surface area (Å²) in [5.41, 5.74) is 9.40. The molecule has 2 aliphatic carbocycles. The number of halogens is 2. The van der Waals surface area contributed by atoms with Crippen molar-refractivity contribution >= 4 is 48.1 Å². The molecule has 4 heteroatoms. The van der Waals surface area contributed by atoms with E-state index in [9.17, 15) is 0 Å². The van der Waals surface area contributed by atoms with Crippen LogP contribution in [0.2, 0.25) is 13.1 Å². The zero-order valence-electron chi connectivity index (χ0n) is 36.0. The molecule has 0 aliphatic heterocycles. The van der Waals surface area contributed by atoms with E-state index in [1.165, 1.54) is 171 Å². The van der Waals surface area contributed by atoms with Crippen LogP contribution in [0, 0.1) is 10.8 Å².